The summed E-state index contributed by atoms with van der Waals surface area (Å²) in [4.78, 5) is 0. The first-order chi connectivity index (χ1) is 6.35. The van der Waals surface area contributed by atoms with Crippen molar-refractivity contribution in [3.05, 3.63) is 25.3 Å². The Balaban J connectivity index is 2.04. The molecule has 2 saturated heterocycles. The Morgan fingerprint density at radius 2 is 1.31 bits per heavy atom. The molecular weight excluding hydrogens is 176 g/mol. The van der Waals surface area contributed by atoms with Crippen molar-refractivity contribution in [2.45, 2.75) is 36.2 Å². The number of allylic oxidation sites excluding steroid dienone is 2. The fourth-order valence-electron chi connectivity index (χ4n) is 2.62. The molecule has 72 valence electrons. The molecule has 2 heterocycles. The van der Waals surface area contributed by atoms with E-state index in [2.05, 4.69) is 37.1 Å². The second-order valence-electron chi connectivity index (χ2n) is 4.17. The SMILES string of the molecule is C=C[C@@H]1CC[C@H]2S[C@@H]1CC[C@H]2C=C. The molecule has 2 rings (SSSR count). The van der Waals surface area contributed by atoms with Gasteiger partial charge in [0, 0.05) is 10.5 Å². The lowest BCUT2D eigenvalue weighted by atomic mass is 9.84. The Bertz CT molecular complexity index is 187. The summed E-state index contributed by atoms with van der Waals surface area (Å²) in [6, 6.07) is 0. The van der Waals surface area contributed by atoms with E-state index in [9.17, 15) is 0 Å². The summed E-state index contributed by atoms with van der Waals surface area (Å²) >= 11 is 2.20. The van der Waals surface area contributed by atoms with E-state index in [4.69, 9.17) is 0 Å². The van der Waals surface area contributed by atoms with E-state index in [1.54, 1.807) is 0 Å². The lowest BCUT2D eigenvalue weighted by Crippen LogP contribution is -2.34. The molecule has 0 amide bonds. The van der Waals surface area contributed by atoms with Crippen molar-refractivity contribution >= 4 is 11.8 Å². The van der Waals surface area contributed by atoms with Crippen LogP contribution in [0.5, 0.6) is 0 Å². The molecule has 0 aromatic heterocycles. The highest BCUT2D eigenvalue weighted by molar-refractivity contribution is 8.00. The largest absolute Gasteiger partial charge is 0.154 e. The van der Waals surface area contributed by atoms with Crippen molar-refractivity contribution in [2.24, 2.45) is 11.8 Å². The van der Waals surface area contributed by atoms with Crippen LogP contribution < -0.4 is 0 Å². The van der Waals surface area contributed by atoms with Gasteiger partial charge in [-0.2, -0.15) is 11.8 Å². The number of hydrogen-bond donors (Lipinski definition) is 0. The summed E-state index contributed by atoms with van der Waals surface area (Å²) in [6.07, 6.45) is 9.79. The van der Waals surface area contributed by atoms with E-state index in [1.165, 1.54) is 25.7 Å². The van der Waals surface area contributed by atoms with Gasteiger partial charge in [0.1, 0.15) is 0 Å². The predicted molar refractivity (Wildman–Crippen MR) is 61.0 cm³/mol. The maximum absolute atomic E-state index is 3.94. The van der Waals surface area contributed by atoms with Gasteiger partial charge in [-0.1, -0.05) is 12.2 Å². The van der Waals surface area contributed by atoms with Crippen molar-refractivity contribution < 1.29 is 0 Å². The van der Waals surface area contributed by atoms with Crippen LogP contribution >= 0.6 is 11.8 Å². The molecule has 0 saturated carbocycles. The number of hydrogen-bond acceptors (Lipinski definition) is 1. The van der Waals surface area contributed by atoms with Gasteiger partial charge in [0.25, 0.3) is 0 Å². The third kappa shape index (κ3) is 1.71. The van der Waals surface area contributed by atoms with Crippen LogP contribution in [0.25, 0.3) is 0 Å². The normalized spacial score (nSPS) is 44.0. The Kier molecular flexibility index (Phi) is 2.83. The van der Waals surface area contributed by atoms with Gasteiger partial charge in [-0.3, -0.25) is 0 Å². The molecule has 0 radical (unpaired) electrons. The number of thioether (sulfide) groups is 1. The molecule has 0 aromatic carbocycles. The quantitative estimate of drug-likeness (QED) is 0.605. The van der Waals surface area contributed by atoms with Crippen LogP contribution in [-0.4, -0.2) is 10.5 Å². The molecule has 0 aromatic rings. The average molecular weight is 194 g/mol. The molecule has 0 aliphatic carbocycles. The summed E-state index contributed by atoms with van der Waals surface area (Å²) in [5.74, 6) is 1.57. The lowest BCUT2D eigenvalue weighted by Gasteiger charge is -2.42. The molecule has 0 spiro atoms. The number of rotatable bonds is 2. The molecule has 0 N–H and O–H groups in total. The molecule has 2 aliphatic heterocycles. The van der Waals surface area contributed by atoms with Crippen LogP contribution in [0.15, 0.2) is 25.3 Å². The molecule has 2 bridgehead atoms. The first kappa shape index (κ1) is 9.39. The van der Waals surface area contributed by atoms with Crippen LogP contribution in [0.4, 0.5) is 0 Å². The highest BCUT2D eigenvalue weighted by atomic mass is 32.2. The van der Waals surface area contributed by atoms with Gasteiger partial charge in [0.05, 0.1) is 0 Å². The van der Waals surface area contributed by atoms with Gasteiger partial charge in [-0.05, 0) is 37.5 Å². The van der Waals surface area contributed by atoms with E-state index >= 15 is 0 Å². The standard InChI is InChI=1S/C12H18S/c1-3-9-5-7-12-10(4-2)6-8-11(9)13-12/h3-4,9-12H,1-2,5-8H2/t9-,10-,11-,12-/m1/s1. The summed E-state index contributed by atoms with van der Waals surface area (Å²) < 4.78 is 0. The van der Waals surface area contributed by atoms with Crippen LogP contribution in [0, 0.1) is 11.8 Å². The summed E-state index contributed by atoms with van der Waals surface area (Å²) in [5.41, 5.74) is 0. The first-order valence-corrected chi connectivity index (χ1v) is 6.20. The van der Waals surface area contributed by atoms with Gasteiger partial charge in [0.15, 0.2) is 0 Å². The minimum Gasteiger partial charge on any atom is -0.154 e. The topological polar surface area (TPSA) is 0 Å². The smallest absolute Gasteiger partial charge is 0.0113 e. The van der Waals surface area contributed by atoms with E-state index < -0.39 is 0 Å². The third-order valence-electron chi connectivity index (χ3n) is 3.48. The zero-order valence-corrected chi connectivity index (χ0v) is 8.93. The minimum atomic E-state index is 0.784. The van der Waals surface area contributed by atoms with Crippen molar-refractivity contribution in [1.29, 1.82) is 0 Å². The Morgan fingerprint density at radius 3 is 1.69 bits per heavy atom. The van der Waals surface area contributed by atoms with Crippen LogP contribution in [0.3, 0.4) is 0 Å². The van der Waals surface area contributed by atoms with E-state index in [0.29, 0.717) is 0 Å². The molecule has 0 unspecified atom stereocenters. The van der Waals surface area contributed by atoms with Gasteiger partial charge in [0.2, 0.25) is 0 Å². The van der Waals surface area contributed by atoms with E-state index in [-0.39, 0.29) is 0 Å². The van der Waals surface area contributed by atoms with Crippen molar-refractivity contribution in [1.82, 2.24) is 0 Å². The summed E-state index contributed by atoms with van der Waals surface area (Å²) in [5, 5.41) is 1.74. The van der Waals surface area contributed by atoms with Gasteiger partial charge in [-0.15, -0.1) is 13.2 Å². The number of fused-ring (bicyclic) bond motifs is 2. The second-order valence-corrected chi connectivity index (χ2v) is 5.65. The fourth-order valence-corrected chi connectivity index (χ4v) is 4.51. The van der Waals surface area contributed by atoms with E-state index in [0.717, 1.165) is 22.3 Å². The van der Waals surface area contributed by atoms with Gasteiger partial charge < -0.3 is 0 Å². The fraction of sp³-hybridized carbons (Fsp3) is 0.667. The average Bonchev–Trinajstić information content (AvgIpc) is 2.19. The van der Waals surface area contributed by atoms with Gasteiger partial charge in [-0.25, -0.2) is 0 Å². The summed E-state index contributed by atoms with van der Waals surface area (Å²) in [6.45, 7) is 7.87. The highest BCUT2D eigenvalue weighted by Crippen LogP contribution is 2.47. The second kappa shape index (κ2) is 3.91. The Hall–Kier alpha value is -0.170. The van der Waals surface area contributed by atoms with Crippen molar-refractivity contribution in [3.63, 3.8) is 0 Å². The first-order valence-electron chi connectivity index (χ1n) is 5.25. The van der Waals surface area contributed by atoms with Crippen LogP contribution in [-0.2, 0) is 0 Å². The molecule has 13 heavy (non-hydrogen) atoms. The van der Waals surface area contributed by atoms with Crippen molar-refractivity contribution in [3.8, 4) is 0 Å². The Labute approximate surface area is 85.5 Å². The van der Waals surface area contributed by atoms with Crippen molar-refractivity contribution in [2.75, 3.05) is 0 Å². The van der Waals surface area contributed by atoms with Crippen LogP contribution in [0.1, 0.15) is 25.7 Å². The third-order valence-corrected chi connectivity index (χ3v) is 5.35. The highest BCUT2D eigenvalue weighted by Gasteiger charge is 2.36. The molecule has 4 atom stereocenters. The molecule has 2 fully saturated rings. The predicted octanol–water partition coefficient (Wildman–Crippen LogP) is 3.65. The Morgan fingerprint density at radius 1 is 0.846 bits per heavy atom. The minimum absolute atomic E-state index is 0.784. The molecule has 1 heteroatoms. The maximum Gasteiger partial charge on any atom is 0.0113 e. The monoisotopic (exact) mass is 194 g/mol. The van der Waals surface area contributed by atoms with E-state index in [1.807, 2.05) is 0 Å². The zero-order valence-electron chi connectivity index (χ0n) is 8.11. The zero-order chi connectivity index (χ0) is 9.26. The molecule has 0 nitrogen and oxygen atoms in total. The lowest BCUT2D eigenvalue weighted by molar-refractivity contribution is 0.377. The van der Waals surface area contributed by atoms with Gasteiger partial charge >= 0.3 is 0 Å². The molecular formula is C12H18S. The van der Waals surface area contributed by atoms with Crippen LogP contribution in [0.2, 0.25) is 0 Å². The molecule has 2 aliphatic rings. The maximum atomic E-state index is 3.94. The summed E-state index contributed by atoms with van der Waals surface area (Å²) in [7, 11) is 0.